The van der Waals surface area contributed by atoms with Gasteiger partial charge in [-0.05, 0) is 32.0 Å². The van der Waals surface area contributed by atoms with Gasteiger partial charge in [-0.25, -0.2) is 4.98 Å². The second kappa shape index (κ2) is 5.16. The molecule has 1 saturated heterocycles. The highest BCUT2D eigenvalue weighted by molar-refractivity contribution is 5.43. The molecule has 2 heterocycles. The topological polar surface area (TPSA) is 37.4 Å². The van der Waals surface area contributed by atoms with Crippen LogP contribution in [-0.2, 0) is 0 Å². The van der Waals surface area contributed by atoms with Crippen molar-refractivity contribution in [3.63, 3.8) is 0 Å². The fourth-order valence-electron chi connectivity index (χ4n) is 2.25. The third-order valence-electron chi connectivity index (χ3n) is 3.07. The molecule has 0 bridgehead atoms. The minimum atomic E-state index is 0.575. The van der Waals surface area contributed by atoms with Gasteiger partial charge in [-0.2, -0.15) is 0 Å². The van der Waals surface area contributed by atoms with Crippen molar-refractivity contribution in [1.29, 1.82) is 0 Å². The molecular formula is C12H19N3O. The molecule has 1 aromatic rings. The molecule has 16 heavy (non-hydrogen) atoms. The van der Waals surface area contributed by atoms with E-state index in [0.29, 0.717) is 6.04 Å². The van der Waals surface area contributed by atoms with Gasteiger partial charge in [0, 0.05) is 19.1 Å². The van der Waals surface area contributed by atoms with Gasteiger partial charge >= 0.3 is 0 Å². The van der Waals surface area contributed by atoms with Crippen LogP contribution in [0.5, 0.6) is 5.75 Å². The minimum Gasteiger partial charge on any atom is -0.495 e. The molecule has 4 nitrogen and oxygen atoms in total. The van der Waals surface area contributed by atoms with Gasteiger partial charge < -0.3 is 15.0 Å². The number of hydrogen-bond donors (Lipinski definition) is 1. The molecule has 1 unspecified atom stereocenters. The van der Waals surface area contributed by atoms with Gasteiger partial charge in [-0.1, -0.05) is 0 Å². The standard InChI is InChI=1S/C12H19N3O/c1-13-8-10-4-3-7-15(10)12-6-5-11(16-2)9-14-12/h5-6,9-10,13H,3-4,7-8H2,1-2H3. The van der Waals surface area contributed by atoms with E-state index in [1.54, 1.807) is 13.3 Å². The van der Waals surface area contributed by atoms with E-state index < -0.39 is 0 Å². The van der Waals surface area contributed by atoms with Crippen LogP contribution in [0.3, 0.4) is 0 Å². The lowest BCUT2D eigenvalue weighted by molar-refractivity contribution is 0.413. The molecule has 1 aliphatic rings. The maximum atomic E-state index is 5.11. The number of rotatable bonds is 4. The highest BCUT2D eigenvalue weighted by atomic mass is 16.5. The Morgan fingerprint density at radius 1 is 1.56 bits per heavy atom. The van der Waals surface area contributed by atoms with Gasteiger partial charge in [0.1, 0.15) is 11.6 Å². The molecule has 0 aliphatic carbocycles. The third kappa shape index (κ3) is 2.27. The molecule has 0 saturated carbocycles. The summed E-state index contributed by atoms with van der Waals surface area (Å²) >= 11 is 0. The Morgan fingerprint density at radius 2 is 2.44 bits per heavy atom. The first-order valence-electron chi connectivity index (χ1n) is 5.76. The Morgan fingerprint density at radius 3 is 3.06 bits per heavy atom. The third-order valence-corrected chi connectivity index (χ3v) is 3.07. The molecule has 0 aromatic carbocycles. The lowest BCUT2D eigenvalue weighted by Gasteiger charge is -2.25. The highest BCUT2D eigenvalue weighted by Crippen LogP contribution is 2.24. The SMILES string of the molecule is CNCC1CCCN1c1ccc(OC)cn1. The van der Waals surface area contributed by atoms with Crippen molar-refractivity contribution >= 4 is 5.82 Å². The van der Waals surface area contributed by atoms with Crippen molar-refractivity contribution in [2.45, 2.75) is 18.9 Å². The Bertz CT molecular complexity index is 326. The van der Waals surface area contributed by atoms with E-state index in [1.807, 2.05) is 19.2 Å². The minimum absolute atomic E-state index is 0.575. The predicted molar refractivity (Wildman–Crippen MR) is 65.1 cm³/mol. The summed E-state index contributed by atoms with van der Waals surface area (Å²) in [6, 6.07) is 4.58. The summed E-state index contributed by atoms with van der Waals surface area (Å²) in [7, 11) is 3.66. The molecule has 0 radical (unpaired) electrons. The number of pyridine rings is 1. The average molecular weight is 221 g/mol. The van der Waals surface area contributed by atoms with Crippen LogP contribution in [0.1, 0.15) is 12.8 Å². The smallest absolute Gasteiger partial charge is 0.137 e. The summed E-state index contributed by atoms with van der Waals surface area (Å²) in [5, 5.41) is 3.24. The van der Waals surface area contributed by atoms with E-state index in [4.69, 9.17) is 4.74 Å². The first-order valence-corrected chi connectivity index (χ1v) is 5.76. The van der Waals surface area contributed by atoms with Gasteiger partial charge in [0.05, 0.1) is 13.3 Å². The van der Waals surface area contributed by atoms with E-state index in [1.165, 1.54) is 12.8 Å². The molecular weight excluding hydrogens is 202 g/mol. The first kappa shape index (κ1) is 11.2. The van der Waals surface area contributed by atoms with Crippen molar-refractivity contribution in [2.24, 2.45) is 0 Å². The lowest BCUT2D eigenvalue weighted by Crippen LogP contribution is -2.37. The van der Waals surface area contributed by atoms with Gasteiger partial charge in [0.25, 0.3) is 0 Å². The number of likely N-dealkylation sites (N-methyl/N-ethyl adjacent to an activating group) is 1. The van der Waals surface area contributed by atoms with E-state index >= 15 is 0 Å². The number of aromatic nitrogens is 1. The predicted octanol–water partition coefficient (Wildman–Crippen LogP) is 1.28. The molecule has 88 valence electrons. The van der Waals surface area contributed by atoms with Crippen molar-refractivity contribution in [2.75, 3.05) is 32.1 Å². The summed E-state index contributed by atoms with van der Waals surface area (Å²) in [6.45, 7) is 2.12. The van der Waals surface area contributed by atoms with E-state index in [9.17, 15) is 0 Å². The van der Waals surface area contributed by atoms with Crippen LogP contribution in [-0.4, -0.2) is 38.3 Å². The van der Waals surface area contributed by atoms with Gasteiger partial charge in [0.2, 0.25) is 0 Å². The Kier molecular flexibility index (Phi) is 3.62. The Hall–Kier alpha value is -1.29. The van der Waals surface area contributed by atoms with Crippen molar-refractivity contribution < 1.29 is 4.74 Å². The lowest BCUT2D eigenvalue weighted by atomic mass is 10.2. The van der Waals surface area contributed by atoms with Crippen molar-refractivity contribution in [3.05, 3.63) is 18.3 Å². The zero-order valence-corrected chi connectivity index (χ0v) is 9.94. The molecule has 1 fully saturated rings. The Balaban J connectivity index is 2.09. The molecule has 0 amide bonds. The van der Waals surface area contributed by atoms with Crippen LogP contribution in [0, 0.1) is 0 Å². The normalized spacial score (nSPS) is 20.1. The number of methoxy groups -OCH3 is 1. The van der Waals surface area contributed by atoms with E-state index in [-0.39, 0.29) is 0 Å². The van der Waals surface area contributed by atoms with Crippen LogP contribution in [0.2, 0.25) is 0 Å². The van der Waals surface area contributed by atoms with Crippen molar-refractivity contribution in [1.82, 2.24) is 10.3 Å². The maximum absolute atomic E-state index is 5.11. The number of ether oxygens (including phenoxy) is 1. The molecule has 1 aromatic heterocycles. The van der Waals surface area contributed by atoms with Crippen LogP contribution < -0.4 is 15.0 Å². The molecule has 2 rings (SSSR count). The van der Waals surface area contributed by atoms with E-state index in [0.717, 1.165) is 24.7 Å². The molecule has 1 N–H and O–H groups in total. The monoisotopic (exact) mass is 221 g/mol. The number of hydrogen-bond acceptors (Lipinski definition) is 4. The van der Waals surface area contributed by atoms with E-state index in [2.05, 4.69) is 15.2 Å². The summed E-state index contributed by atoms with van der Waals surface area (Å²) in [5.41, 5.74) is 0. The number of nitrogens with zero attached hydrogens (tertiary/aromatic N) is 2. The fraction of sp³-hybridized carbons (Fsp3) is 0.583. The van der Waals surface area contributed by atoms with Crippen LogP contribution in [0.15, 0.2) is 18.3 Å². The summed E-state index contributed by atoms with van der Waals surface area (Å²) in [6.07, 6.45) is 4.28. The average Bonchev–Trinajstić information content (AvgIpc) is 2.78. The molecule has 4 heteroatoms. The summed E-state index contributed by atoms with van der Waals surface area (Å²) in [4.78, 5) is 6.81. The van der Waals surface area contributed by atoms with Crippen LogP contribution in [0.25, 0.3) is 0 Å². The second-order valence-electron chi connectivity index (χ2n) is 4.10. The number of nitrogens with one attached hydrogen (secondary N) is 1. The molecule has 0 spiro atoms. The first-order chi connectivity index (χ1) is 7.85. The van der Waals surface area contributed by atoms with Crippen LogP contribution in [0.4, 0.5) is 5.82 Å². The van der Waals surface area contributed by atoms with Gasteiger partial charge in [-0.3, -0.25) is 0 Å². The summed E-state index contributed by atoms with van der Waals surface area (Å²) in [5.74, 6) is 1.87. The summed E-state index contributed by atoms with van der Waals surface area (Å²) < 4.78 is 5.11. The number of anilines is 1. The van der Waals surface area contributed by atoms with Crippen molar-refractivity contribution in [3.8, 4) is 5.75 Å². The molecule has 1 aliphatic heterocycles. The zero-order chi connectivity index (χ0) is 11.4. The highest BCUT2D eigenvalue weighted by Gasteiger charge is 2.24. The zero-order valence-electron chi connectivity index (χ0n) is 9.94. The van der Waals surface area contributed by atoms with Crippen LogP contribution >= 0.6 is 0 Å². The largest absolute Gasteiger partial charge is 0.495 e. The quantitative estimate of drug-likeness (QED) is 0.831. The maximum Gasteiger partial charge on any atom is 0.137 e. The second-order valence-corrected chi connectivity index (χ2v) is 4.10. The van der Waals surface area contributed by atoms with Gasteiger partial charge in [0.15, 0.2) is 0 Å². The molecule has 1 atom stereocenters. The van der Waals surface area contributed by atoms with Gasteiger partial charge in [-0.15, -0.1) is 0 Å². The fourth-order valence-corrected chi connectivity index (χ4v) is 2.25. The Labute approximate surface area is 96.6 Å².